The molecule has 1 saturated heterocycles. The Morgan fingerprint density at radius 2 is 2.10 bits per heavy atom. The average molecular weight is 340 g/mol. The number of aliphatic hydroxyl groups excluding tert-OH is 1. The van der Waals surface area contributed by atoms with Crippen molar-refractivity contribution in [1.29, 1.82) is 0 Å². The fraction of sp³-hybridized carbons (Fsp3) is 0.385. The van der Waals surface area contributed by atoms with Crippen LogP contribution in [-0.2, 0) is 11.8 Å². The first-order valence-corrected chi connectivity index (χ1v) is 7.12. The van der Waals surface area contributed by atoms with Gasteiger partial charge in [0.1, 0.15) is 6.23 Å². The van der Waals surface area contributed by atoms with E-state index in [-0.39, 0.29) is 11.6 Å². The molecule has 1 aliphatic heterocycles. The highest BCUT2D eigenvalue weighted by Crippen LogP contribution is 2.26. The SMILES string of the molecule is Cn1c(=O)n(C2CCC(=O)NC2O)c2ccc(Br)cc21. The van der Waals surface area contributed by atoms with Crippen LogP contribution < -0.4 is 11.0 Å². The van der Waals surface area contributed by atoms with Gasteiger partial charge in [-0.05, 0) is 24.6 Å². The van der Waals surface area contributed by atoms with Crippen LogP contribution in [0, 0.1) is 0 Å². The van der Waals surface area contributed by atoms with Gasteiger partial charge in [0.15, 0.2) is 0 Å². The molecule has 106 valence electrons. The minimum Gasteiger partial charge on any atom is -0.372 e. The zero-order valence-electron chi connectivity index (χ0n) is 10.8. The number of carbonyl (C=O) groups is 1. The van der Waals surface area contributed by atoms with Gasteiger partial charge >= 0.3 is 5.69 Å². The number of aryl methyl sites for hydroxylation is 1. The van der Waals surface area contributed by atoms with Crippen molar-refractivity contribution < 1.29 is 9.90 Å². The molecule has 1 amide bonds. The van der Waals surface area contributed by atoms with Crippen LogP contribution in [-0.4, -0.2) is 26.4 Å². The summed E-state index contributed by atoms with van der Waals surface area (Å²) in [7, 11) is 1.70. The number of nitrogens with one attached hydrogen (secondary N) is 1. The number of hydrogen-bond acceptors (Lipinski definition) is 3. The maximum absolute atomic E-state index is 12.4. The Kier molecular flexibility index (Phi) is 3.18. The van der Waals surface area contributed by atoms with Gasteiger partial charge in [0.2, 0.25) is 5.91 Å². The van der Waals surface area contributed by atoms with Crippen molar-refractivity contribution in [1.82, 2.24) is 14.5 Å². The molecule has 0 radical (unpaired) electrons. The summed E-state index contributed by atoms with van der Waals surface area (Å²) in [5, 5.41) is 12.5. The van der Waals surface area contributed by atoms with Crippen LogP contribution in [0.15, 0.2) is 27.5 Å². The Morgan fingerprint density at radius 3 is 2.80 bits per heavy atom. The zero-order chi connectivity index (χ0) is 14.4. The van der Waals surface area contributed by atoms with Crippen molar-refractivity contribution in [2.45, 2.75) is 25.1 Å². The lowest BCUT2D eigenvalue weighted by molar-refractivity contribution is -0.128. The zero-order valence-corrected chi connectivity index (χ0v) is 12.4. The van der Waals surface area contributed by atoms with E-state index in [1.54, 1.807) is 16.2 Å². The van der Waals surface area contributed by atoms with Gasteiger partial charge in [-0.2, -0.15) is 0 Å². The molecule has 20 heavy (non-hydrogen) atoms. The largest absolute Gasteiger partial charge is 0.372 e. The minimum atomic E-state index is -1.04. The summed E-state index contributed by atoms with van der Waals surface area (Å²) < 4.78 is 3.99. The molecular weight excluding hydrogens is 326 g/mol. The second-order valence-electron chi connectivity index (χ2n) is 4.96. The van der Waals surface area contributed by atoms with Gasteiger partial charge < -0.3 is 10.4 Å². The summed E-state index contributed by atoms with van der Waals surface area (Å²) in [4.78, 5) is 23.7. The van der Waals surface area contributed by atoms with Crippen LogP contribution >= 0.6 is 15.9 Å². The Bertz CT molecular complexity index is 749. The summed E-state index contributed by atoms with van der Waals surface area (Å²) in [5.41, 5.74) is 1.34. The molecule has 1 aromatic heterocycles. The number of carbonyl (C=O) groups excluding carboxylic acids is 1. The van der Waals surface area contributed by atoms with E-state index < -0.39 is 12.3 Å². The highest BCUT2D eigenvalue weighted by atomic mass is 79.9. The molecule has 2 atom stereocenters. The molecule has 7 heteroatoms. The summed E-state index contributed by atoms with van der Waals surface area (Å²) in [6, 6.07) is 5.11. The fourth-order valence-corrected chi connectivity index (χ4v) is 3.05. The van der Waals surface area contributed by atoms with Crippen molar-refractivity contribution >= 4 is 32.9 Å². The number of aliphatic hydroxyl groups is 1. The van der Waals surface area contributed by atoms with Crippen molar-refractivity contribution in [3.63, 3.8) is 0 Å². The van der Waals surface area contributed by atoms with E-state index in [0.29, 0.717) is 12.8 Å². The minimum absolute atomic E-state index is 0.190. The Balaban J connectivity index is 2.19. The lowest BCUT2D eigenvalue weighted by Gasteiger charge is -2.29. The highest BCUT2D eigenvalue weighted by Gasteiger charge is 2.31. The predicted molar refractivity (Wildman–Crippen MR) is 77.3 cm³/mol. The number of amides is 1. The van der Waals surface area contributed by atoms with Gasteiger partial charge in [0.25, 0.3) is 0 Å². The quantitative estimate of drug-likeness (QED) is 0.809. The number of aromatic nitrogens is 2. The number of halogens is 1. The van der Waals surface area contributed by atoms with E-state index in [2.05, 4.69) is 21.2 Å². The molecule has 1 fully saturated rings. The van der Waals surface area contributed by atoms with E-state index >= 15 is 0 Å². The molecule has 0 bridgehead atoms. The van der Waals surface area contributed by atoms with Crippen molar-refractivity contribution in [2.24, 2.45) is 7.05 Å². The molecule has 2 heterocycles. The molecule has 2 unspecified atom stereocenters. The smallest absolute Gasteiger partial charge is 0.329 e. The lowest BCUT2D eigenvalue weighted by Crippen LogP contribution is -2.47. The standard InChI is InChI=1S/C13H14BrN3O3/c1-16-10-6-7(14)2-3-8(10)17(13(16)20)9-4-5-11(18)15-12(9)19/h2-3,6,9,12,19H,4-5H2,1H3,(H,15,18). The van der Waals surface area contributed by atoms with E-state index in [1.807, 2.05) is 18.2 Å². The number of fused-ring (bicyclic) bond motifs is 1. The molecule has 1 aromatic carbocycles. The van der Waals surface area contributed by atoms with Crippen LogP contribution in [0.25, 0.3) is 11.0 Å². The van der Waals surface area contributed by atoms with Gasteiger partial charge in [0, 0.05) is 17.9 Å². The molecule has 3 rings (SSSR count). The number of nitrogens with zero attached hydrogens (tertiary/aromatic N) is 2. The molecule has 1 aliphatic rings. The Hall–Kier alpha value is -1.60. The molecule has 0 spiro atoms. The topological polar surface area (TPSA) is 76.3 Å². The van der Waals surface area contributed by atoms with Gasteiger partial charge in [-0.15, -0.1) is 0 Å². The molecule has 0 saturated carbocycles. The third-order valence-electron chi connectivity index (χ3n) is 3.72. The van der Waals surface area contributed by atoms with Gasteiger partial charge in [-0.1, -0.05) is 15.9 Å². The highest BCUT2D eigenvalue weighted by molar-refractivity contribution is 9.10. The Morgan fingerprint density at radius 1 is 1.35 bits per heavy atom. The molecule has 2 aromatic rings. The summed E-state index contributed by atoms with van der Waals surface area (Å²) in [5.74, 6) is -0.190. The Labute approximate surface area is 123 Å². The summed E-state index contributed by atoms with van der Waals surface area (Å²) in [6.07, 6.45) is -0.286. The first-order chi connectivity index (χ1) is 9.49. The monoisotopic (exact) mass is 339 g/mol. The first kappa shape index (κ1) is 13.4. The van der Waals surface area contributed by atoms with Crippen molar-refractivity contribution in [3.8, 4) is 0 Å². The van der Waals surface area contributed by atoms with Crippen LogP contribution in [0.5, 0.6) is 0 Å². The number of hydrogen-bond donors (Lipinski definition) is 2. The van der Waals surface area contributed by atoms with E-state index in [9.17, 15) is 14.7 Å². The normalized spacial score (nSPS) is 23.1. The summed E-state index contributed by atoms with van der Waals surface area (Å²) >= 11 is 3.39. The summed E-state index contributed by atoms with van der Waals surface area (Å²) in [6.45, 7) is 0. The second kappa shape index (κ2) is 4.75. The lowest BCUT2D eigenvalue weighted by atomic mass is 10.0. The number of imidazole rings is 1. The number of benzene rings is 1. The molecule has 2 N–H and O–H groups in total. The van der Waals surface area contributed by atoms with E-state index in [4.69, 9.17) is 0 Å². The van der Waals surface area contributed by atoms with Gasteiger partial charge in [0.05, 0.1) is 17.1 Å². The van der Waals surface area contributed by atoms with Crippen LogP contribution in [0.3, 0.4) is 0 Å². The van der Waals surface area contributed by atoms with Crippen LogP contribution in [0.4, 0.5) is 0 Å². The van der Waals surface area contributed by atoms with Crippen molar-refractivity contribution in [3.05, 3.63) is 33.2 Å². The fourth-order valence-electron chi connectivity index (χ4n) is 2.70. The van der Waals surface area contributed by atoms with E-state index in [0.717, 1.165) is 15.5 Å². The predicted octanol–water partition coefficient (Wildman–Crippen LogP) is 0.872. The molecule has 6 nitrogen and oxygen atoms in total. The number of piperidine rings is 1. The third-order valence-corrected chi connectivity index (χ3v) is 4.22. The van der Waals surface area contributed by atoms with Crippen LogP contribution in [0.2, 0.25) is 0 Å². The molecular formula is C13H14BrN3O3. The second-order valence-corrected chi connectivity index (χ2v) is 5.88. The van der Waals surface area contributed by atoms with Crippen molar-refractivity contribution in [2.75, 3.05) is 0 Å². The third kappa shape index (κ3) is 1.97. The first-order valence-electron chi connectivity index (χ1n) is 6.33. The van der Waals surface area contributed by atoms with E-state index in [1.165, 1.54) is 0 Å². The van der Waals surface area contributed by atoms with Gasteiger partial charge in [-0.25, -0.2) is 4.79 Å². The average Bonchev–Trinajstić information content (AvgIpc) is 2.63. The maximum Gasteiger partial charge on any atom is 0.329 e. The maximum atomic E-state index is 12.4. The van der Waals surface area contributed by atoms with Gasteiger partial charge in [-0.3, -0.25) is 13.9 Å². The van der Waals surface area contributed by atoms with Crippen LogP contribution in [0.1, 0.15) is 18.9 Å². The number of rotatable bonds is 1. The molecule has 0 aliphatic carbocycles.